The Morgan fingerprint density at radius 1 is 1.15 bits per heavy atom. The predicted molar refractivity (Wildman–Crippen MR) is 100 cm³/mol. The van der Waals surface area contributed by atoms with Crippen LogP contribution in [0.1, 0.15) is 5.56 Å². The zero-order valence-corrected chi connectivity index (χ0v) is 14.3. The first-order chi connectivity index (χ1) is 12.7. The van der Waals surface area contributed by atoms with Gasteiger partial charge in [-0.2, -0.15) is 9.78 Å². The molecule has 0 unspecified atom stereocenters. The van der Waals surface area contributed by atoms with Gasteiger partial charge in [0.2, 0.25) is 0 Å². The molecule has 26 heavy (non-hydrogen) atoms. The smallest absolute Gasteiger partial charge is 0.298 e. The van der Waals surface area contributed by atoms with Gasteiger partial charge in [-0.05, 0) is 18.2 Å². The standard InChI is InChI=1S/C19H16N4O3/c1-25-13-8-7-12(16(9-13)26-2)10-21-23-11-20-17-14-5-3-4-6-15(14)22-18(17)19(23)24/h3-11,22H,1-2H3/b21-10+. The first kappa shape index (κ1) is 15.9. The average Bonchev–Trinajstić information content (AvgIpc) is 3.07. The van der Waals surface area contributed by atoms with E-state index in [0.29, 0.717) is 22.5 Å². The fraction of sp³-hybridized carbons (Fsp3) is 0.105. The van der Waals surface area contributed by atoms with Gasteiger partial charge in [-0.3, -0.25) is 4.79 Å². The molecule has 0 spiro atoms. The maximum Gasteiger partial charge on any atom is 0.298 e. The lowest BCUT2D eigenvalue weighted by molar-refractivity contribution is 0.394. The van der Waals surface area contributed by atoms with E-state index in [0.717, 1.165) is 16.5 Å². The lowest BCUT2D eigenvalue weighted by Gasteiger charge is -2.06. The molecule has 130 valence electrons. The highest BCUT2D eigenvalue weighted by molar-refractivity contribution is 6.04. The number of hydrogen-bond acceptors (Lipinski definition) is 5. The zero-order chi connectivity index (χ0) is 18.1. The molecule has 4 rings (SSSR count). The molecule has 0 aliphatic rings. The summed E-state index contributed by atoms with van der Waals surface area (Å²) in [4.78, 5) is 20.2. The van der Waals surface area contributed by atoms with Crippen molar-refractivity contribution in [3.8, 4) is 11.5 Å². The highest BCUT2D eigenvalue weighted by atomic mass is 16.5. The van der Waals surface area contributed by atoms with Crippen molar-refractivity contribution in [1.29, 1.82) is 0 Å². The zero-order valence-electron chi connectivity index (χ0n) is 14.3. The van der Waals surface area contributed by atoms with Crippen LogP contribution in [0, 0.1) is 0 Å². The molecular weight excluding hydrogens is 332 g/mol. The minimum Gasteiger partial charge on any atom is -0.497 e. The second kappa shape index (κ2) is 6.36. The van der Waals surface area contributed by atoms with Crippen molar-refractivity contribution < 1.29 is 9.47 Å². The van der Waals surface area contributed by atoms with Gasteiger partial charge in [0.05, 0.1) is 20.4 Å². The third-order valence-corrected chi connectivity index (χ3v) is 4.16. The molecule has 2 aromatic carbocycles. The van der Waals surface area contributed by atoms with Crippen LogP contribution in [0.5, 0.6) is 11.5 Å². The van der Waals surface area contributed by atoms with E-state index in [-0.39, 0.29) is 5.56 Å². The highest BCUT2D eigenvalue weighted by Crippen LogP contribution is 2.23. The number of hydrogen-bond donors (Lipinski definition) is 1. The number of nitrogens with zero attached hydrogens (tertiary/aromatic N) is 3. The van der Waals surface area contributed by atoms with E-state index < -0.39 is 0 Å². The summed E-state index contributed by atoms with van der Waals surface area (Å²) in [5, 5.41) is 5.15. The molecule has 0 saturated carbocycles. The predicted octanol–water partition coefficient (Wildman–Crippen LogP) is 2.78. The van der Waals surface area contributed by atoms with E-state index in [2.05, 4.69) is 15.1 Å². The van der Waals surface area contributed by atoms with Crippen molar-refractivity contribution in [1.82, 2.24) is 14.6 Å². The average molecular weight is 348 g/mol. The lowest BCUT2D eigenvalue weighted by Crippen LogP contribution is -2.17. The molecule has 2 aromatic heterocycles. The second-order valence-electron chi connectivity index (χ2n) is 5.64. The molecule has 7 nitrogen and oxygen atoms in total. The number of H-pyrrole nitrogens is 1. The first-order valence-corrected chi connectivity index (χ1v) is 7.95. The second-order valence-corrected chi connectivity index (χ2v) is 5.64. The molecule has 2 heterocycles. The van der Waals surface area contributed by atoms with Crippen LogP contribution < -0.4 is 15.0 Å². The molecule has 0 amide bonds. The number of fused-ring (bicyclic) bond motifs is 3. The molecule has 0 atom stereocenters. The largest absolute Gasteiger partial charge is 0.497 e. The van der Waals surface area contributed by atoms with E-state index in [1.54, 1.807) is 38.6 Å². The molecule has 0 aliphatic heterocycles. The number of aromatic amines is 1. The third kappa shape index (κ3) is 2.59. The number of methoxy groups -OCH3 is 2. The molecule has 0 radical (unpaired) electrons. The van der Waals surface area contributed by atoms with Crippen molar-refractivity contribution >= 4 is 28.2 Å². The Kier molecular flexibility index (Phi) is 3.89. The Hall–Kier alpha value is -3.61. The number of ether oxygens (including phenoxy) is 2. The fourth-order valence-corrected chi connectivity index (χ4v) is 2.83. The van der Waals surface area contributed by atoms with Gasteiger partial charge in [0.15, 0.2) is 0 Å². The van der Waals surface area contributed by atoms with Crippen molar-refractivity contribution in [3.63, 3.8) is 0 Å². The monoisotopic (exact) mass is 348 g/mol. The fourth-order valence-electron chi connectivity index (χ4n) is 2.83. The van der Waals surface area contributed by atoms with Crippen LogP contribution in [-0.4, -0.2) is 35.1 Å². The number of para-hydroxylation sites is 1. The summed E-state index contributed by atoms with van der Waals surface area (Å²) in [5.41, 5.74) is 2.38. The van der Waals surface area contributed by atoms with Crippen molar-refractivity contribution in [2.75, 3.05) is 14.2 Å². The van der Waals surface area contributed by atoms with Gasteiger partial charge in [0, 0.05) is 22.5 Å². The van der Waals surface area contributed by atoms with Gasteiger partial charge in [0.25, 0.3) is 5.56 Å². The quantitative estimate of drug-likeness (QED) is 0.575. The molecule has 1 N–H and O–H groups in total. The Balaban J connectivity index is 1.78. The summed E-state index contributed by atoms with van der Waals surface area (Å²) in [6, 6.07) is 13.0. The molecule has 0 saturated heterocycles. The molecule has 0 bridgehead atoms. The summed E-state index contributed by atoms with van der Waals surface area (Å²) in [6.07, 6.45) is 2.97. The summed E-state index contributed by atoms with van der Waals surface area (Å²) in [6.45, 7) is 0. The van der Waals surface area contributed by atoms with E-state index in [4.69, 9.17) is 9.47 Å². The van der Waals surface area contributed by atoms with Crippen LogP contribution in [0.2, 0.25) is 0 Å². The van der Waals surface area contributed by atoms with Crippen LogP contribution in [0.25, 0.3) is 21.9 Å². The molecule has 7 heteroatoms. The van der Waals surface area contributed by atoms with E-state index >= 15 is 0 Å². The maximum atomic E-state index is 12.7. The lowest BCUT2D eigenvalue weighted by atomic mass is 10.2. The van der Waals surface area contributed by atoms with Gasteiger partial charge in [0.1, 0.15) is 28.9 Å². The highest BCUT2D eigenvalue weighted by Gasteiger charge is 2.10. The number of benzene rings is 2. The third-order valence-electron chi connectivity index (χ3n) is 4.16. The van der Waals surface area contributed by atoms with Gasteiger partial charge in [-0.25, -0.2) is 4.98 Å². The molecule has 0 fully saturated rings. The van der Waals surface area contributed by atoms with Gasteiger partial charge in [-0.15, -0.1) is 0 Å². The van der Waals surface area contributed by atoms with Crippen LogP contribution >= 0.6 is 0 Å². The van der Waals surface area contributed by atoms with Gasteiger partial charge >= 0.3 is 0 Å². The summed E-state index contributed by atoms with van der Waals surface area (Å²) in [5.74, 6) is 1.28. The van der Waals surface area contributed by atoms with Crippen molar-refractivity contribution in [2.24, 2.45) is 5.10 Å². The van der Waals surface area contributed by atoms with Crippen LogP contribution in [0.4, 0.5) is 0 Å². The van der Waals surface area contributed by atoms with Crippen LogP contribution in [0.3, 0.4) is 0 Å². The molecule has 4 aromatic rings. The van der Waals surface area contributed by atoms with Gasteiger partial charge in [-0.1, -0.05) is 18.2 Å². The minimum atomic E-state index is -0.269. The van der Waals surface area contributed by atoms with Gasteiger partial charge < -0.3 is 14.5 Å². The SMILES string of the molecule is COc1ccc(/C=N/n2cnc3c([nH]c4ccccc43)c2=O)c(OC)c1. The topological polar surface area (TPSA) is 81.5 Å². The van der Waals surface area contributed by atoms with Crippen LogP contribution in [-0.2, 0) is 0 Å². The minimum absolute atomic E-state index is 0.269. The summed E-state index contributed by atoms with van der Waals surface area (Å²) < 4.78 is 11.7. The summed E-state index contributed by atoms with van der Waals surface area (Å²) >= 11 is 0. The Morgan fingerprint density at radius 2 is 2.00 bits per heavy atom. The normalized spacial score (nSPS) is 11.5. The maximum absolute atomic E-state index is 12.7. The Labute approximate surface area is 148 Å². The van der Waals surface area contributed by atoms with Crippen molar-refractivity contribution in [2.45, 2.75) is 0 Å². The Bertz CT molecular complexity index is 1190. The number of rotatable bonds is 4. The van der Waals surface area contributed by atoms with E-state index in [1.165, 1.54) is 11.0 Å². The number of aromatic nitrogens is 3. The first-order valence-electron chi connectivity index (χ1n) is 7.95. The molecular formula is C19H16N4O3. The summed E-state index contributed by atoms with van der Waals surface area (Å²) in [7, 11) is 3.15. The van der Waals surface area contributed by atoms with Crippen LogP contribution in [0.15, 0.2) is 58.7 Å². The van der Waals surface area contributed by atoms with E-state index in [9.17, 15) is 4.79 Å². The van der Waals surface area contributed by atoms with Crippen molar-refractivity contribution in [3.05, 3.63) is 64.7 Å². The van der Waals surface area contributed by atoms with E-state index in [1.807, 2.05) is 24.3 Å². The number of nitrogens with one attached hydrogen (secondary N) is 1. The molecule has 0 aliphatic carbocycles. The Morgan fingerprint density at radius 3 is 2.81 bits per heavy atom.